The van der Waals surface area contributed by atoms with E-state index < -0.39 is 11.9 Å². The molecule has 4 aromatic heterocycles. The highest BCUT2D eigenvalue weighted by Gasteiger charge is 2.24. The molecule has 4 heterocycles. The number of nitrogens with zero attached hydrogens (tertiary/aromatic N) is 6. The van der Waals surface area contributed by atoms with Gasteiger partial charge in [0.05, 0.1) is 33.3 Å². The first-order valence-corrected chi connectivity index (χ1v) is 13.4. The Morgan fingerprint density at radius 3 is 2.67 bits per heavy atom. The molecule has 2 aromatic carbocycles. The number of nitrogens with one attached hydrogen (secondary N) is 1. The van der Waals surface area contributed by atoms with Gasteiger partial charge in [-0.3, -0.25) is 14.2 Å². The molecule has 0 saturated carbocycles. The minimum Gasteiger partial charge on any atom is -0.381 e. The van der Waals surface area contributed by atoms with Gasteiger partial charge in [-0.25, -0.2) is 19.5 Å². The zero-order valence-corrected chi connectivity index (χ0v) is 22.5. The van der Waals surface area contributed by atoms with E-state index in [2.05, 4.69) is 20.4 Å². The number of anilines is 1. The van der Waals surface area contributed by atoms with Gasteiger partial charge in [0.15, 0.2) is 11.5 Å². The van der Waals surface area contributed by atoms with Crippen molar-refractivity contribution in [3.63, 3.8) is 0 Å². The predicted molar refractivity (Wildman–Crippen MR) is 156 cm³/mol. The van der Waals surface area contributed by atoms with Crippen LogP contribution in [0.25, 0.3) is 34.4 Å². The molecular weight excluding hydrogens is 524 g/mol. The van der Waals surface area contributed by atoms with Gasteiger partial charge in [-0.2, -0.15) is 0 Å². The van der Waals surface area contributed by atoms with Crippen molar-refractivity contribution in [2.45, 2.75) is 19.9 Å². The summed E-state index contributed by atoms with van der Waals surface area (Å²) in [6, 6.07) is 15.8. The zero-order valence-electron chi connectivity index (χ0n) is 21.6. The van der Waals surface area contributed by atoms with Crippen molar-refractivity contribution in [1.82, 2.24) is 34.4 Å². The lowest BCUT2D eigenvalue weighted by Crippen LogP contribution is -2.33. The Morgan fingerprint density at radius 2 is 1.90 bits per heavy atom. The third-order valence-electron chi connectivity index (χ3n) is 6.42. The molecule has 0 bridgehead atoms. The molecule has 1 atom stereocenters. The summed E-state index contributed by atoms with van der Waals surface area (Å²) in [5.74, 6) is -0.0405. The Labute approximate surface area is 232 Å². The number of aromatic nitrogens is 6. The number of carbonyl (C=O) groups is 1. The lowest BCUT2D eigenvalue weighted by Gasteiger charge is -2.20. The summed E-state index contributed by atoms with van der Waals surface area (Å²) in [4.78, 5) is 41.2. The van der Waals surface area contributed by atoms with Gasteiger partial charge in [0, 0.05) is 17.8 Å². The second kappa shape index (κ2) is 10.2. The summed E-state index contributed by atoms with van der Waals surface area (Å²) in [7, 11) is 0. The molecule has 0 unspecified atom stereocenters. The summed E-state index contributed by atoms with van der Waals surface area (Å²) in [6.07, 6.45) is 6.99. The first-order valence-electron chi connectivity index (χ1n) is 12.5. The first kappa shape index (κ1) is 25.1. The van der Waals surface area contributed by atoms with E-state index in [0.29, 0.717) is 28.1 Å². The van der Waals surface area contributed by atoms with Crippen LogP contribution in [0.5, 0.6) is 0 Å². The van der Waals surface area contributed by atoms with Gasteiger partial charge in [0.2, 0.25) is 0 Å². The third kappa shape index (κ3) is 4.52. The number of amides is 1. The minimum atomic E-state index is -0.667. The second-order valence-electron chi connectivity index (χ2n) is 9.16. The van der Waals surface area contributed by atoms with E-state index >= 15 is 0 Å². The standard InChI is InChI=1S/C29H24N8O2S/c1-17(32-28(38)24-25(30)35-36-15-7-14-31-27(24)36)26-34-22-11-6-8-19(12-13-20-16-40-18(2)33-20)23(22)29(39)37(26)21-9-4-3-5-10-21/h3-17H,1-2H3,(H2,30,35)(H,32,38)/b13-12+/t17-/m1/s1. The number of thiazole rings is 1. The number of rotatable bonds is 6. The molecule has 40 heavy (non-hydrogen) atoms. The Hall–Kier alpha value is -5.16. The summed E-state index contributed by atoms with van der Waals surface area (Å²) < 4.78 is 2.99. The maximum Gasteiger partial charge on any atom is 0.266 e. The number of aryl methyl sites for hydroxylation is 1. The van der Waals surface area contributed by atoms with Crippen molar-refractivity contribution < 1.29 is 4.79 Å². The molecule has 10 nitrogen and oxygen atoms in total. The van der Waals surface area contributed by atoms with Gasteiger partial charge in [0.25, 0.3) is 11.5 Å². The summed E-state index contributed by atoms with van der Waals surface area (Å²) >= 11 is 1.56. The van der Waals surface area contributed by atoms with Crippen LogP contribution in [0, 0.1) is 6.92 Å². The molecule has 3 N–H and O–H groups in total. The number of hydrogen-bond acceptors (Lipinski definition) is 8. The van der Waals surface area contributed by atoms with E-state index in [0.717, 1.165) is 16.3 Å². The van der Waals surface area contributed by atoms with E-state index in [1.165, 1.54) is 9.08 Å². The Balaban J connectivity index is 1.46. The lowest BCUT2D eigenvalue weighted by atomic mass is 10.1. The molecule has 198 valence electrons. The highest BCUT2D eigenvalue weighted by molar-refractivity contribution is 7.09. The Bertz CT molecular complexity index is 1970. The average molecular weight is 549 g/mol. The van der Waals surface area contributed by atoms with E-state index in [9.17, 15) is 9.59 Å². The van der Waals surface area contributed by atoms with Gasteiger partial charge in [-0.15, -0.1) is 16.4 Å². The molecule has 0 radical (unpaired) electrons. The molecule has 0 fully saturated rings. The molecule has 0 saturated heterocycles. The zero-order chi connectivity index (χ0) is 27.8. The van der Waals surface area contributed by atoms with Crippen LogP contribution in [0.4, 0.5) is 5.82 Å². The average Bonchev–Trinajstić information content (AvgIpc) is 3.53. The minimum absolute atomic E-state index is 0.0575. The highest BCUT2D eigenvalue weighted by atomic mass is 32.1. The molecular formula is C29H24N8O2S. The molecule has 0 aliphatic carbocycles. The largest absolute Gasteiger partial charge is 0.381 e. The van der Waals surface area contributed by atoms with Gasteiger partial charge < -0.3 is 11.1 Å². The van der Waals surface area contributed by atoms with Crippen molar-refractivity contribution in [1.29, 1.82) is 0 Å². The predicted octanol–water partition coefficient (Wildman–Crippen LogP) is 4.44. The fourth-order valence-electron chi connectivity index (χ4n) is 4.62. The number of nitrogens with two attached hydrogens (primary N) is 1. The number of fused-ring (bicyclic) bond motifs is 2. The number of nitrogen functional groups attached to an aromatic ring is 1. The summed E-state index contributed by atoms with van der Waals surface area (Å²) in [6.45, 7) is 3.72. The van der Waals surface area contributed by atoms with E-state index in [1.54, 1.807) is 42.8 Å². The smallest absolute Gasteiger partial charge is 0.266 e. The van der Waals surface area contributed by atoms with E-state index in [-0.39, 0.29) is 16.9 Å². The van der Waals surface area contributed by atoms with Crippen LogP contribution >= 0.6 is 11.3 Å². The second-order valence-corrected chi connectivity index (χ2v) is 10.2. The van der Waals surface area contributed by atoms with Crippen LogP contribution in [0.2, 0.25) is 0 Å². The molecule has 6 aromatic rings. The van der Waals surface area contributed by atoms with Crippen molar-refractivity contribution >= 4 is 51.8 Å². The molecule has 0 aliphatic rings. The summed E-state index contributed by atoms with van der Waals surface area (Å²) in [5, 5.41) is 10.5. The van der Waals surface area contributed by atoms with Crippen molar-refractivity contribution in [2.75, 3.05) is 5.73 Å². The van der Waals surface area contributed by atoms with Crippen molar-refractivity contribution in [3.05, 3.63) is 110 Å². The normalized spacial score (nSPS) is 12.3. The van der Waals surface area contributed by atoms with Gasteiger partial charge >= 0.3 is 0 Å². The Kier molecular flexibility index (Phi) is 6.40. The van der Waals surface area contributed by atoms with Gasteiger partial charge in [-0.1, -0.05) is 36.4 Å². The van der Waals surface area contributed by atoms with Crippen LogP contribution in [0.15, 0.2) is 77.2 Å². The molecule has 0 aliphatic heterocycles. The van der Waals surface area contributed by atoms with Crippen LogP contribution < -0.4 is 16.6 Å². The van der Waals surface area contributed by atoms with Crippen LogP contribution in [0.3, 0.4) is 0 Å². The molecule has 11 heteroatoms. The third-order valence-corrected chi connectivity index (χ3v) is 7.22. The van der Waals surface area contributed by atoms with E-state index in [4.69, 9.17) is 10.7 Å². The fourth-order valence-corrected chi connectivity index (χ4v) is 5.20. The van der Waals surface area contributed by atoms with Crippen molar-refractivity contribution in [3.8, 4) is 5.69 Å². The summed E-state index contributed by atoms with van der Waals surface area (Å²) in [5.41, 5.74) is 9.00. The number of hydrogen-bond donors (Lipinski definition) is 2. The molecule has 6 rings (SSSR count). The maximum atomic E-state index is 14.2. The first-order chi connectivity index (χ1) is 19.4. The number of benzene rings is 2. The maximum absolute atomic E-state index is 14.2. The molecule has 0 spiro atoms. The monoisotopic (exact) mass is 548 g/mol. The van der Waals surface area contributed by atoms with Crippen molar-refractivity contribution in [2.24, 2.45) is 0 Å². The fraction of sp³-hybridized carbons (Fsp3) is 0.103. The highest BCUT2D eigenvalue weighted by Crippen LogP contribution is 2.23. The quantitative estimate of drug-likeness (QED) is 0.314. The van der Waals surface area contributed by atoms with Crippen LogP contribution in [-0.4, -0.2) is 35.0 Å². The van der Waals surface area contributed by atoms with Crippen LogP contribution in [-0.2, 0) is 0 Å². The Morgan fingerprint density at radius 1 is 1.07 bits per heavy atom. The SMILES string of the molecule is Cc1nc(/C=C/c2cccc3nc([C@@H](C)NC(=O)c4c(N)nn5cccnc45)n(-c4ccccc4)c(=O)c23)cs1. The topological polar surface area (TPSA) is 133 Å². The van der Waals surface area contributed by atoms with E-state index in [1.807, 2.05) is 66.9 Å². The number of para-hydroxylation sites is 1. The van der Waals surface area contributed by atoms with Gasteiger partial charge in [-0.05, 0) is 49.8 Å². The number of carbonyl (C=O) groups excluding carboxylic acids is 1. The lowest BCUT2D eigenvalue weighted by molar-refractivity contribution is 0.0940. The molecule has 1 amide bonds. The van der Waals surface area contributed by atoms with Gasteiger partial charge in [0.1, 0.15) is 11.4 Å². The van der Waals surface area contributed by atoms with Crippen LogP contribution in [0.1, 0.15) is 45.4 Å².